The van der Waals surface area contributed by atoms with Gasteiger partial charge in [0.1, 0.15) is 17.3 Å². The molecule has 11 rings (SSSR count). The van der Waals surface area contributed by atoms with Crippen molar-refractivity contribution < 1.29 is 4.57 Å². The van der Waals surface area contributed by atoms with Crippen LogP contribution in [0.25, 0.3) is 44.2 Å². The third kappa shape index (κ3) is 2.84. The van der Waals surface area contributed by atoms with E-state index in [0.29, 0.717) is 11.8 Å². The van der Waals surface area contributed by atoms with Crippen LogP contribution >= 0.6 is 0 Å². The van der Waals surface area contributed by atoms with E-state index in [1.165, 1.54) is 89.9 Å². The van der Waals surface area contributed by atoms with Gasteiger partial charge in [-0.15, -0.1) is 0 Å². The molecule has 2 aromatic heterocycles. The zero-order valence-electron chi connectivity index (χ0n) is 26.2. The molecule has 2 heteroatoms. The molecule has 4 heterocycles. The highest BCUT2D eigenvalue weighted by atomic mass is 15.2. The van der Waals surface area contributed by atoms with Crippen LogP contribution in [0.4, 0.5) is 0 Å². The number of hydrogen-bond acceptors (Lipinski definition) is 0. The van der Waals surface area contributed by atoms with Crippen LogP contribution in [0.1, 0.15) is 100 Å². The summed E-state index contributed by atoms with van der Waals surface area (Å²) in [5.74, 6) is 5.77. The van der Waals surface area contributed by atoms with Crippen LogP contribution < -0.4 is 4.57 Å². The summed E-state index contributed by atoms with van der Waals surface area (Å²) in [5, 5.41) is 4.25. The maximum atomic E-state index is 2.84. The number of nitrogens with zero attached hydrogens (tertiary/aromatic N) is 2. The van der Waals surface area contributed by atoms with Crippen LogP contribution in [0.2, 0.25) is 0 Å². The maximum absolute atomic E-state index is 2.84. The molecule has 6 aliphatic rings. The van der Waals surface area contributed by atoms with E-state index < -0.39 is 0 Å². The second kappa shape index (κ2) is 8.45. The molecule has 4 saturated carbocycles. The Balaban J connectivity index is 1.36. The molecule has 44 heavy (non-hydrogen) atoms. The summed E-state index contributed by atoms with van der Waals surface area (Å²) in [6, 6.07) is 24.1. The number of allylic oxidation sites excluding steroid dienone is 2. The molecule has 5 aromatic rings. The predicted octanol–water partition coefficient (Wildman–Crippen LogP) is 10.2. The Bertz CT molecular complexity index is 2080. The molecule has 4 fully saturated rings. The summed E-state index contributed by atoms with van der Waals surface area (Å²) in [7, 11) is 0. The lowest BCUT2D eigenvalue weighted by molar-refractivity contribution is -0.727. The highest BCUT2D eigenvalue weighted by Crippen LogP contribution is 2.62. The van der Waals surface area contributed by atoms with Crippen molar-refractivity contribution in [2.75, 3.05) is 0 Å². The van der Waals surface area contributed by atoms with Crippen LogP contribution in [0, 0.1) is 29.6 Å². The van der Waals surface area contributed by atoms with Gasteiger partial charge in [-0.3, -0.25) is 0 Å². The van der Waals surface area contributed by atoms with Crippen LogP contribution in [0.5, 0.6) is 0 Å². The van der Waals surface area contributed by atoms with Crippen molar-refractivity contribution in [3.05, 3.63) is 89.6 Å². The van der Waals surface area contributed by atoms with Crippen LogP contribution in [0.15, 0.2) is 72.9 Å². The Labute approximate surface area is 260 Å². The van der Waals surface area contributed by atoms with Gasteiger partial charge in [-0.2, -0.15) is 4.40 Å². The Morgan fingerprint density at radius 1 is 0.795 bits per heavy atom. The summed E-state index contributed by atoms with van der Waals surface area (Å²) in [6.07, 6.45) is 17.6. The number of fused-ring (bicyclic) bond motifs is 13. The zero-order chi connectivity index (χ0) is 28.9. The van der Waals surface area contributed by atoms with E-state index in [0.717, 1.165) is 36.0 Å². The summed E-state index contributed by atoms with van der Waals surface area (Å²) in [6.45, 7) is 4.80. The van der Waals surface area contributed by atoms with Crippen molar-refractivity contribution in [2.45, 2.75) is 89.0 Å². The van der Waals surface area contributed by atoms with E-state index >= 15 is 0 Å². The minimum atomic E-state index is -0.0154. The first-order valence-corrected chi connectivity index (χ1v) is 17.9. The number of benzene rings is 3. The average molecular weight is 576 g/mol. The number of imidazole rings is 1. The molecule has 220 valence electrons. The molecule has 2 nitrogen and oxygen atoms in total. The van der Waals surface area contributed by atoms with E-state index in [2.05, 4.69) is 95.8 Å². The summed E-state index contributed by atoms with van der Waals surface area (Å²) in [4.78, 5) is 0. The highest BCUT2D eigenvalue weighted by Gasteiger charge is 2.55. The number of pyridine rings is 1. The molecular weight excluding hydrogens is 532 g/mol. The zero-order valence-corrected chi connectivity index (χ0v) is 26.2. The number of hydrogen-bond donors (Lipinski definition) is 0. The van der Waals surface area contributed by atoms with Crippen molar-refractivity contribution in [3.63, 3.8) is 0 Å². The van der Waals surface area contributed by atoms with Gasteiger partial charge in [0.15, 0.2) is 5.69 Å². The van der Waals surface area contributed by atoms with Gasteiger partial charge < -0.3 is 0 Å². The summed E-state index contributed by atoms with van der Waals surface area (Å²) < 4.78 is 5.60. The van der Waals surface area contributed by atoms with E-state index in [9.17, 15) is 0 Å². The smallest absolute Gasteiger partial charge is 0.219 e. The Morgan fingerprint density at radius 2 is 1.59 bits per heavy atom. The van der Waals surface area contributed by atoms with E-state index in [4.69, 9.17) is 0 Å². The van der Waals surface area contributed by atoms with E-state index in [-0.39, 0.29) is 5.54 Å². The molecule has 0 spiro atoms. The van der Waals surface area contributed by atoms with Crippen molar-refractivity contribution in [3.8, 4) is 11.3 Å². The van der Waals surface area contributed by atoms with Gasteiger partial charge in [0, 0.05) is 21.9 Å². The number of rotatable bonds is 2. The minimum Gasteiger partial charge on any atom is -0.219 e. The van der Waals surface area contributed by atoms with Crippen molar-refractivity contribution in [1.29, 1.82) is 0 Å². The second-order valence-corrected chi connectivity index (χ2v) is 15.8. The van der Waals surface area contributed by atoms with Crippen LogP contribution in [-0.4, -0.2) is 4.40 Å². The molecule has 4 aliphatic carbocycles. The summed E-state index contributed by atoms with van der Waals surface area (Å²) >= 11 is 0. The predicted molar refractivity (Wildman–Crippen MR) is 180 cm³/mol. The van der Waals surface area contributed by atoms with E-state index in [1.807, 2.05) is 0 Å². The Morgan fingerprint density at radius 3 is 2.34 bits per heavy atom. The molecule has 0 N–H and O–H groups in total. The lowest BCUT2D eigenvalue weighted by Crippen LogP contribution is -2.58. The average Bonchev–Trinajstić information content (AvgIpc) is 3.90. The molecular formula is C42H43N2+. The first kappa shape index (κ1) is 24.9. The van der Waals surface area contributed by atoms with Gasteiger partial charge in [-0.25, -0.2) is 4.57 Å². The van der Waals surface area contributed by atoms with Crippen molar-refractivity contribution in [2.24, 2.45) is 29.6 Å². The van der Waals surface area contributed by atoms with Gasteiger partial charge in [-0.05, 0) is 122 Å². The topological polar surface area (TPSA) is 8.29 Å². The second-order valence-electron chi connectivity index (χ2n) is 15.8. The molecule has 2 aliphatic heterocycles. The first-order valence-electron chi connectivity index (χ1n) is 17.9. The van der Waals surface area contributed by atoms with Crippen molar-refractivity contribution >= 4 is 32.9 Å². The molecule has 7 bridgehead atoms. The molecule has 0 saturated heterocycles. The third-order valence-electron chi connectivity index (χ3n) is 14.3. The fraction of sp³-hybridized carbons (Fsp3) is 0.452. The van der Waals surface area contributed by atoms with E-state index in [1.54, 1.807) is 22.3 Å². The summed E-state index contributed by atoms with van der Waals surface area (Å²) in [5.41, 5.74) is 12.3. The monoisotopic (exact) mass is 575 g/mol. The van der Waals surface area contributed by atoms with Gasteiger partial charge in [-0.1, -0.05) is 74.0 Å². The number of para-hydroxylation sites is 1. The lowest BCUT2D eigenvalue weighted by Gasteiger charge is -2.40. The van der Waals surface area contributed by atoms with Gasteiger partial charge in [0.05, 0.1) is 5.39 Å². The SMILES string of the molecule is CC=C1c2cccc3c4ccccc4n4c5c[n+](c4c23)C1(CC)CC1CC2CC1CC2c1cccc(C2CC3CCC2C3)c1-5. The molecule has 8 atom stereocenters. The highest BCUT2D eigenvalue weighted by molar-refractivity contribution is 6.16. The largest absolute Gasteiger partial charge is 0.296 e. The number of aromatic nitrogens is 2. The fourth-order valence-electron chi connectivity index (χ4n) is 12.7. The molecule has 0 amide bonds. The third-order valence-corrected chi connectivity index (χ3v) is 14.3. The first-order chi connectivity index (χ1) is 21.7. The molecule has 8 unspecified atom stereocenters. The van der Waals surface area contributed by atoms with Crippen LogP contribution in [-0.2, 0) is 5.54 Å². The van der Waals surface area contributed by atoms with Gasteiger partial charge in [0.25, 0.3) is 5.65 Å². The maximum Gasteiger partial charge on any atom is 0.296 e. The van der Waals surface area contributed by atoms with Gasteiger partial charge >= 0.3 is 0 Å². The Kier molecular flexibility index (Phi) is 4.78. The lowest BCUT2D eigenvalue weighted by atomic mass is 9.68. The minimum absolute atomic E-state index is 0.0154. The quantitative estimate of drug-likeness (QED) is 0.146. The fourth-order valence-corrected chi connectivity index (χ4v) is 12.7. The molecule has 3 aromatic carbocycles. The van der Waals surface area contributed by atoms with Gasteiger partial charge in [0.2, 0.25) is 0 Å². The Hall–Kier alpha value is -3.39. The van der Waals surface area contributed by atoms with Crippen LogP contribution in [0.3, 0.4) is 0 Å². The normalized spacial score (nSPS) is 35.2. The van der Waals surface area contributed by atoms with Crippen molar-refractivity contribution in [1.82, 2.24) is 4.40 Å². The molecule has 0 radical (unpaired) electrons. The standard InChI is InChI=1S/C42H43N2/c1-3-36-33-13-8-10-30-29-9-5-6-14-37(29)44-38-23-43(41(44)40(30)33)42(36,4-2)22-28-20-27-19-26(28)21-35(27)32-12-7-11-31(39(32)38)34-18-24-15-16-25(34)17-24/h3,5-14,23-28,34-35H,4,15-22H2,1-2H3/q+1.